The molecule has 0 aliphatic heterocycles. The second-order valence-corrected chi connectivity index (χ2v) is 2.58. The summed E-state index contributed by atoms with van der Waals surface area (Å²) in [5.41, 5.74) is 0. The molecular formula is C8H14N2O4. The average molecular weight is 202 g/mol. The Hall–Kier alpha value is -1.59. The molecule has 0 radical (unpaired) electrons. The van der Waals surface area contributed by atoms with E-state index in [1.807, 2.05) is 0 Å². The van der Waals surface area contributed by atoms with Crippen LogP contribution in [0.25, 0.3) is 0 Å². The molecule has 0 aromatic rings. The van der Waals surface area contributed by atoms with Gasteiger partial charge >= 0.3 is 11.9 Å². The summed E-state index contributed by atoms with van der Waals surface area (Å²) in [7, 11) is 1.10. The van der Waals surface area contributed by atoms with E-state index in [1.165, 1.54) is 6.92 Å². The molecule has 0 bridgehead atoms. The first-order valence-corrected chi connectivity index (χ1v) is 4.19. The highest BCUT2D eigenvalue weighted by molar-refractivity contribution is 6.32. The predicted molar refractivity (Wildman–Crippen MR) is 48.3 cm³/mol. The minimum atomic E-state index is -1.01. The smallest absolute Gasteiger partial charge is 0.396 e. The monoisotopic (exact) mass is 202 g/mol. The molecule has 0 saturated heterocycles. The number of carbonyl (C=O) groups excluding carboxylic acids is 3. The Morgan fingerprint density at radius 2 is 1.93 bits per heavy atom. The summed E-state index contributed by atoms with van der Waals surface area (Å²) >= 11 is 0. The summed E-state index contributed by atoms with van der Waals surface area (Å²) in [4.78, 5) is 32.7. The van der Waals surface area contributed by atoms with E-state index in [4.69, 9.17) is 0 Å². The number of ether oxygens (including phenoxy) is 1. The fraction of sp³-hybridized carbons (Fsp3) is 0.625. The molecule has 0 aromatic heterocycles. The number of likely N-dealkylation sites (N-methyl/N-ethyl adjacent to an activating group) is 1. The third kappa shape index (κ3) is 3.88. The van der Waals surface area contributed by atoms with Crippen molar-refractivity contribution < 1.29 is 19.1 Å². The van der Waals surface area contributed by atoms with Gasteiger partial charge in [-0.05, 0) is 13.8 Å². The molecule has 80 valence electrons. The molecule has 0 saturated carbocycles. The number of carbonyl (C=O) groups is 3. The number of hydrogen-bond acceptors (Lipinski definition) is 4. The molecule has 1 atom stereocenters. The van der Waals surface area contributed by atoms with Crippen LogP contribution in [0.5, 0.6) is 0 Å². The van der Waals surface area contributed by atoms with Crippen LogP contribution in [-0.4, -0.2) is 37.5 Å². The van der Waals surface area contributed by atoms with Gasteiger partial charge in [-0.25, -0.2) is 4.79 Å². The van der Waals surface area contributed by atoms with Crippen molar-refractivity contribution >= 4 is 17.8 Å². The average Bonchev–Trinajstić information content (AvgIpc) is 2.16. The fourth-order valence-corrected chi connectivity index (χ4v) is 0.741. The van der Waals surface area contributed by atoms with Gasteiger partial charge < -0.3 is 15.4 Å². The van der Waals surface area contributed by atoms with Crippen LogP contribution in [0.2, 0.25) is 0 Å². The van der Waals surface area contributed by atoms with Crippen molar-refractivity contribution in [1.29, 1.82) is 0 Å². The zero-order chi connectivity index (χ0) is 11.1. The second-order valence-electron chi connectivity index (χ2n) is 2.58. The molecular weight excluding hydrogens is 188 g/mol. The highest BCUT2D eigenvalue weighted by Crippen LogP contribution is 1.83. The first-order chi connectivity index (χ1) is 6.52. The van der Waals surface area contributed by atoms with Crippen LogP contribution in [0.1, 0.15) is 13.8 Å². The highest BCUT2D eigenvalue weighted by Gasteiger charge is 2.19. The Labute approximate surface area is 82.0 Å². The summed E-state index contributed by atoms with van der Waals surface area (Å²) in [6.07, 6.45) is 0. The van der Waals surface area contributed by atoms with Gasteiger partial charge in [-0.1, -0.05) is 0 Å². The number of amides is 2. The van der Waals surface area contributed by atoms with E-state index in [9.17, 15) is 14.4 Å². The van der Waals surface area contributed by atoms with E-state index in [2.05, 4.69) is 15.4 Å². The fourth-order valence-electron chi connectivity index (χ4n) is 0.741. The summed E-state index contributed by atoms with van der Waals surface area (Å²) < 4.78 is 4.17. The topological polar surface area (TPSA) is 84.5 Å². The van der Waals surface area contributed by atoms with Crippen LogP contribution in [0.15, 0.2) is 0 Å². The lowest BCUT2D eigenvalue weighted by Gasteiger charge is -2.11. The number of nitrogens with one attached hydrogen (secondary N) is 2. The molecule has 1 unspecified atom stereocenters. The van der Waals surface area contributed by atoms with E-state index in [0.29, 0.717) is 6.54 Å². The lowest BCUT2D eigenvalue weighted by molar-refractivity contribution is -0.153. The third-order valence-corrected chi connectivity index (χ3v) is 1.46. The summed E-state index contributed by atoms with van der Waals surface area (Å²) in [5.74, 6) is -2.28. The molecule has 2 N–H and O–H groups in total. The molecule has 0 aliphatic carbocycles. The molecule has 0 heterocycles. The van der Waals surface area contributed by atoms with Crippen molar-refractivity contribution in [1.82, 2.24) is 10.6 Å². The minimum absolute atomic E-state index is 0.343. The first-order valence-electron chi connectivity index (χ1n) is 4.19. The normalized spacial score (nSPS) is 11.4. The molecule has 2 amide bonds. The van der Waals surface area contributed by atoms with Crippen molar-refractivity contribution in [3.05, 3.63) is 0 Å². The Kier molecular flexibility index (Phi) is 5.28. The van der Waals surface area contributed by atoms with Gasteiger partial charge in [0.05, 0.1) is 7.11 Å². The van der Waals surface area contributed by atoms with E-state index in [0.717, 1.165) is 7.11 Å². The van der Waals surface area contributed by atoms with Crippen molar-refractivity contribution in [2.45, 2.75) is 19.9 Å². The Bertz CT molecular complexity index is 239. The number of methoxy groups -OCH3 is 1. The van der Waals surface area contributed by atoms with E-state index < -0.39 is 17.9 Å². The Balaban J connectivity index is 4.05. The maximum absolute atomic E-state index is 11.1. The van der Waals surface area contributed by atoms with Gasteiger partial charge in [-0.2, -0.15) is 0 Å². The van der Waals surface area contributed by atoms with Gasteiger partial charge in [0.25, 0.3) is 0 Å². The molecule has 6 nitrogen and oxygen atoms in total. The lowest BCUT2D eigenvalue weighted by Crippen LogP contribution is -2.47. The maximum atomic E-state index is 11.1. The van der Waals surface area contributed by atoms with Gasteiger partial charge in [0.1, 0.15) is 6.04 Å². The summed E-state index contributed by atoms with van der Waals surface area (Å²) in [6, 6.07) is -0.749. The van der Waals surface area contributed by atoms with Crippen LogP contribution < -0.4 is 10.6 Å². The second kappa shape index (κ2) is 5.95. The molecule has 0 aromatic carbocycles. The SMILES string of the molecule is CCNC(=O)C(C)NC(=O)C(=O)OC. The number of hydrogen-bond donors (Lipinski definition) is 2. The van der Waals surface area contributed by atoms with Crippen LogP contribution in [0.4, 0.5) is 0 Å². The van der Waals surface area contributed by atoms with Crippen molar-refractivity contribution in [2.24, 2.45) is 0 Å². The van der Waals surface area contributed by atoms with Crippen molar-refractivity contribution in [2.75, 3.05) is 13.7 Å². The Morgan fingerprint density at radius 1 is 1.36 bits per heavy atom. The lowest BCUT2D eigenvalue weighted by atomic mass is 10.3. The van der Waals surface area contributed by atoms with Crippen LogP contribution in [0.3, 0.4) is 0 Å². The van der Waals surface area contributed by atoms with Gasteiger partial charge in [-0.3, -0.25) is 9.59 Å². The maximum Gasteiger partial charge on any atom is 0.396 e. The quantitative estimate of drug-likeness (QED) is 0.444. The van der Waals surface area contributed by atoms with Gasteiger partial charge in [0.15, 0.2) is 0 Å². The molecule has 14 heavy (non-hydrogen) atoms. The summed E-state index contributed by atoms with van der Waals surface area (Å²) in [5, 5.41) is 4.69. The minimum Gasteiger partial charge on any atom is -0.462 e. The van der Waals surface area contributed by atoms with Gasteiger partial charge in [0, 0.05) is 6.54 Å². The summed E-state index contributed by atoms with van der Waals surface area (Å²) in [6.45, 7) is 3.70. The predicted octanol–water partition coefficient (Wildman–Crippen LogP) is -1.20. The number of esters is 1. The van der Waals surface area contributed by atoms with Crippen molar-refractivity contribution in [3.63, 3.8) is 0 Å². The third-order valence-electron chi connectivity index (χ3n) is 1.46. The van der Waals surface area contributed by atoms with Crippen LogP contribution >= 0.6 is 0 Å². The zero-order valence-corrected chi connectivity index (χ0v) is 8.42. The molecule has 0 rings (SSSR count). The first kappa shape index (κ1) is 12.4. The van der Waals surface area contributed by atoms with E-state index >= 15 is 0 Å². The van der Waals surface area contributed by atoms with Crippen LogP contribution in [0, 0.1) is 0 Å². The van der Waals surface area contributed by atoms with Crippen LogP contribution in [-0.2, 0) is 19.1 Å². The van der Waals surface area contributed by atoms with E-state index in [-0.39, 0.29) is 5.91 Å². The largest absolute Gasteiger partial charge is 0.462 e. The van der Waals surface area contributed by atoms with Gasteiger partial charge in [0.2, 0.25) is 5.91 Å². The zero-order valence-electron chi connectivity index (χ0n) is 8.42. The Morgan fingerprint density at radius 3 is 2.36 bits per heavy atom. The molecule has 0 fully saturated rings. The molecule has 0 spiro atoms. The van der Waals surface area contributed by atoms with Gasteiger partial charge in [-0.15, -0.1) is 0 Å². The molecule has 6 heteroatoms. The van der Waals surface area contributed by atoms with Crippen molar-refractivity contribution in [3.8, 4) is 0 Å². The number of rotatable bonds is 3. The van der Waals surface area contributed by atoms with E-state index in [1.54, 1.807) is 6.92 Å². The standard InChI is InChI=1S/C8H14N2O4/c1-4-9-6(11)5(2)10-7(12)8(13)14-3/h5H,4H2,1-3H3,(H,9,11)(H,10,12). The molecule has 0 aliphatic rings. The highest BCUT2D eigenvalue weighted by atomic mass is 16.5.